The number of aromatic nitrogens is 3. The van der Waals surface area contributed by atoms with Crippen molar-refractivity contribution in [3.05, 3.63) is 70.4 Å². The van der Waals surface area contributed by atoms with E-state index in [0.29, 0.717) is 24.0 Å². The molecule has 1 aromatic carbocycles. The van der Waals surface area contributed by atoms with E-state index in [2.05, 4.69) is 15.4 Å². The van der Waals surface area contributed by atoms with Crippen LogP contribution >= 0.6 is 0 Å². The van der Waals surface area contributed by atoms with Crippen molar-refractivity contribution < 1.29 is 4.79 Å². The fraction of sp³-hybridized carbons (Fsp3) is 0.222. The third kappa shape index (κ3) is 3.32. The molecule has 0 saturated heterocycles. The van der Waals surface area contributed by atoms with Gasteiger partial charge in [0, 0.05) is 18.0 Å². The normalized spacial score (nSPS) is 10.7. The first-order chi connectivity index (χ1) is 11.7. The molecule has 2 aromatic heterocycles. The maximum absolute atomic E-state index is 12.7. The maximum Gasteiger partial charge on any atom is 0.275 e. The minimum Gasteiger partial charge on any atom is -0.350 e. The number of carbonyl (C=O) groups is 1. The third-order valence-electron chi connectivity index (χ3n) is 3.76. The molecule has 0 aliphatic carbocycles. The van der Waals surface area contributed by atoms with Crippen molar-refractivity contribution in [3.63, 3.8) is 0 Å². The van der Waals surface area contributed by atoms with Crippen LogP contribution in [0.3, 0.4) is 0 Å². The number of amides is 1. The second-order valence-electron chi connectivity index (χ2n) is 5.41. The Hall–Kier alpha value is -3.02. The molecule has 0 atom stereocenters. The number of rotatable bonds is 5. The molecule has 0 aliphatic heterocycles. The van der Waals surface area contributed by atoms with E-state index in [0.717, 1.165) is 11.1 Å². The van der Waals surface area contributed by atoms with Gasteiger partial charge < -0.3 is 5.32 Å². The molecule has 0 bridgehead atoms. The molecule has 2 heterocycles. The number of carbonyl (C=O) groups excluding carboxylic acids is 1. The Kier molecular flexibility index (Phi) is 4.65. The van der Waals surface area contributed by atoms with E-state index in [4.69, 9.17) is 0 Å². The minimum absolute atomic E-state index is 0.0524. The Morgan fingerprint density at radius 3 is 2.58 bits per heavy atom. The first-order valence-corrected chi connectivity index (χ1v) is 7.84. The number of fused-ring (bicyclic) bond motifs is 1. The molecule has 0 unspecified atom stereocenters. The molecule has 1 N–H and O–H groups in total. The predicted molar refractivity (Wildman–Crippen MR) is 91.5 cm³/mol. The molecular formula is C18H18N4O2. The van der Waals surface area contributed by atoms with Crippen molar-refractivity contribution >= 4 is 16.7 Å². The summed E-state index contributed by atoms with van der Waals surface area (Å²) >= 11 is 0. The highest BCUT2D eigenvalue weighted by molar-refractivity contribution is 5.84. The van der Waals surface area contributed by atoms with Gasteiger partial charge in [-0.2, -0.15) is 5.10 Å². The molecule has 3 rings (SSSR count). The van der Waals surface area contributed by atoms with Gasteiger partial charge in [-0.25, -0.2) is 4.68 Å². The highest BCUT2D eigenvalue weighted by Gasteiger charge is 2.11. The number of benzene rings is 1. The van der Waals surface area contributed by atoms with Crippen LogP contribution in [-0.2, 0) is 17.9 Å². The monoisotopic (exact) mass is 322 g/mol. The Morgan fingerprint density at radius 1 is 1.12 bits per heavy atom. The molecule has 1 amide bonds. The van der Waals surface area contributed by atoms with Crippen LogP contribution in [0.25, 0.3) is 10.8 Å². The van der Waals surface area contributed by atoms with Gasteiger partial charge in [0.25, 0.3) is 5.56 Å². The summed E-state index contributed by atoms with van der Waals surface area (Å²) in [6.07, 6.45) is 2.09. The van der Waals surface area contributed by atoms with E-state index < -0.39 is 0 Å². The lowest BCUT2D eigenvalue weighted by Gasteiger charge is -2.11. The predicted octanol–water partition coefficient (Wildman–Crippen LogP) is 1.87. The quantitative estimate of drug-likeness (QED) is 0.778. The van der Waals surface area contributed by atoms with Gasteiger partial charge in [-0.3, -0.25) is 14.6 Å². The van der Waals surface area contributed by atoms with Gasteiger partial charge in [-0.05, 0) is 18.2 Å². The lowest BCUT2D eigenvalue weighted by atomic mass is 10.1. The van der Waals surface area contributed by atoms with Crippen molar-refractivity contribution in [2.75, 3.05) is 0 Å². The Balaban J connectivity index is 2.04. The fourth-order valence-corrected chi connectivity index (χ4v) is 2.50. The van der Waals surface area contributed by atoms with Gasteiger partial charge >= 0.3 is 0 Å². The van der Waals surface area contributed by atoms with Crippen molar-refractivity contribution in [1.82, 2.24) is 20.1 Å². The van der Waals surface area contributed by atoms with Crippen molar-refractivity contribution in [1.29, 1.82) is 0 Å². The van der Waals surface area contributed by atoms with E-state index in [-0.39, 0.29) is 18.0 Å². The summed E-state index contributed by atoms with van der Waals surface area (Å²) in [7, 11) is 0. The van der Waals surface area contributed by atoms with E-state index in [9.17, 15) is 9.59 Å². The molecule has 0 radical (unpaired) electrons. The van der Waals surface area contributed by atoms with Gasteiger partial charge in [0.2, 0.25) is 5.91 Å². The SMILES string of the molecule is CCC(=O)NCc1nn(Cc2ccccn2)c(=O)c2ccccc12. The lowest BCUT2D eigenvalue weighted by Crippen LogP contribution is -2.28. The summed E-state index contributed by atoms with van der Waals surface area (Å²) < 4.78 is 1.40. The first kappa shape index (κ1) is 15.9. The zero-order valence-electron chi connectivity index (χ0n) is 13.4. The first-order valence-electron chi connectivity index (χ1n) is 7.84. The molecule has 3 aromatic rings. The summed E-state index contributed by atoms with van der Waals surface area (Å²) in [5.74, 6) is -0.0524. The second-order valence-corrected chi connectivity index (χ2v) is 5.41. The highest BCUT2D eigenvalue weighted by Crippen LogP contribution is 2.13. The van der Waals surface area contributed by atoms with Crippen LogP contribution in [0.4, 0.5) is 0 Å². The number of nitrogens with one attached hydrogen (secondary N) is 1. The molecule has 0 aliphatic rings. The van der Waals surface area contributed by atoms with Crippen LogP contribution in [0.2, 0.25) is 0 Å². The number of hydrogen-bond donors (Lipinski definition) is 1. The summed E-state index contributed by atoms with van der Waals surface area (Å²) in [4.78, 5) is 28.5. The van der Waals surface area contributed by atoms with Crippen LogP contribution in [0, 0.1) is 0 Å². The third-order valence-corrected chi connectivity index (χ3v) is 3.76. The highest BCUT2D eigenvalue weighted by atomic mass is 16.1. The number of nitrogens with zero attached hydrogens (tertiary/aromatic N) is 3. The Labute approximate surface area is 139 Å². The molecule has 122 valence electrons. The minimum atomic E-state index is -0.165. The average Bonchev–Trinajstić information content (AvgIpc) is 2.63. The Bertz CT molecular complexity index is 919. The Morgan fingerprint density at radius 2 is 1.88 bits per heavy atom. The van der Waals surface area contributed by atoms with Crippen LogP contribution < -0.4 is 10.9 Å². The molecule has 0 saturated carbocycles. The summed E-state index contributed by atoms with van der Waals surface area (Å²) in [6, 6.07) is 12.9. The number of pyridine rings is 1. The standard InChI is InChI=1S/C18H18N4O2/c1-2-17(23)20-11-16-14-8-3-4-9-15(14)18(24)22(21-16)12-13-7-5-6-10-19-13/h3-10H,2,11-12H2,1H3,(H,20,23). The van der Waals surface area contributed by atoms with Gasteiger partial charge in [0.1, 0.15) is 0 Å². The molecule has 6 heteroatoms. The lowest BCUT2D eigenvalue weighted by molar-refractivity contribution is -0.120. The van der Waals surface area contributed by atoms with E-state index in [1.54, 1.807) is 19.2 Å². The van der Waals surface area contributed by atoms with Crippen LogP contribution in [0.15, 0.2) is 53.5 Å². The molecule has 0 fully saturated rings. The van der Waals surface area contributed by atoms with Crippen molar-refractivity contribution in [2.24, 2.45) is 0 Å². The maximum atomic E-state index is 12.7. The zero-order valence-corrected chi connectivity index (χ0v) is 13.4. The smallest absolute Gasteiger partial charge is 0.275 e. The van der Waals surface area contributed by atoms with Crippen LogP contribution in [-0.4, -0.2) is 20.7 Å². The summed E-state index contributed by atoms with van der Waals surface area (Å²) in [5.41, 5.74) is 1.26. The van der Waals surface area contributed by atoms with Crippen LogP contribution in [0.1, 0.15) is 24.7 Å². The van der Waals surface area contributed by atoms with Crippen molar-refractivity contribution in [2.45, 2.75) is 26.4 Å². The van der Waals surface area contributed by atoms with Gasteiger partial charge in [0.15, 0.2) is 0 Å². The van der Waals surface area contributed by atoms with Gasteiger partial charge in [-0.15, -0.1) is 0 Å². The summed E-state index contributed by atoms with van der Waals surface area (Å²) in [5, 5.41) is 8.62. The molecule has 0 spiro atoms. The van der Waals surface area contributed by atoms with E-state index in [1.165, 1.54) is 4.68 Å². The van der Waals surface area contributed by atoms with Gasteiger partial charge in [0.05, 0.1) is 29.9 Å². The summed E-state index contributed by atoms with van der Waals surface area (Å²) in [6.45, 7) is 2.37. The largest absolute Gasteiger partial charge is 0.350 e. The second kappa shape index (κ2) is 7.04. The van der Waals surface area contributed by atoms with Crippen LogP contribution in [0.5, 0.6) is 0 Å². The number of hydrogen-bond acceptors (Lipinski definition) is 4. The molecule has 24 heavy (non-hydrogen) atoms. The zero-order chi connectivity index (χ0) is 16.9. The average molecular weight is 322 g/mol. The molecule has 6 nitrogen and oxygen atoms in total. The topological polar surface area (TPSA) is 76.9 Å². The van der Waals surface area contributed by atoms with E-state index >= 15 is 0 Å². The van der Waals surface area contributed by atoms with Crippen molar-refractivity contribution in [3.8, 4) is 0 Å². The fourth-order valence-electron chi connectivity index (χ4n) is 2.50. The molecular weight excluding hydrogens is 304 g/mol. The van der Waals surface area contributed by atoms with E-state index in [1.807, 2.05) is 36.4 Å². The van der Waals surface area contributed by atoms with Gasteiger partial charge in [-0.1, -0.05) is 31.2 Å².